The van der Waals surface area contributed by atoms with E-state index in [0.717, 1.165) is 0 Å². The van der Waals surface area contributed by atoms with Gasteiger partial charge in [-0.25, -0.2) is 0 Å². The standard InChI is InChI=1S/C14H24N2/c1-10(2)16-12-9-7-6-8-11(12)13(15-16)14(3,4)5/h10H,6-9H2,1-5H3. The van der Waals surface area contributed by atoms with Gasteiger partial charge in [0.05, 0.1) is 5.69 Å². The Balaban J connectivity index is 2.55. The Morgan fingerprint density at radius 2 is 1.75 bits per heavy atom. The largest absolute Gasteiger partial charge is 0.267 e. The molecule has 0 fully saturated rings. The maximum Gasteiger partial charge on any atom is 0.0712 e. The minimum atomic E-state index is 0.182. The van der Waals surface area contributed by atoms with Crippen molar-refractivity contribution in [2.75, 3.05) is 0 Å². The Labute approximate surface area is 99.0 Å². The van der Waals surface area contributed by atoms with Crippen LogP contribution in [0.4, 0.5) is 0 Å². The Morgan fingerprint density at radius 3 is 2.31 bits per heavy atom. The molecular formula is C14H24N2. The Morgan fingerprint density at radius 1 is 1.12 bits per heavy atom. The summed E-state index contributed by atoms with van der Waals surface area (Å²) in [6.07, 6.45) is 5.11. The van der Waals surface area contributed by atoms with Gasteiger partial charge < -0.3 is 0 Å². The van der Waals surface area contributed by atoms with Gasteiger partial charge in [0.25, 0.3) is 0 Å². The highest BCUT2D eigenvalue weighted by Gasteiger charge is 2.28. The number of hydrogen-bond acceptors (Lipinski definition) is 1. The maximum absolute atomic E-state index is 4.88. The Hall–Kier alpha value is -0.790. The van der Waals surface area contributed by atoms with E-state index in [9.17, 15) is 0 Å². The third-order valence-corrected chi connectivity index (χ3v) is 3.41. The van der Waals surface area contributed by atoms with Crippen LogP contribution in [-0.2, 0) is 18.3 Å². The fourth-order valence-electron chi connectivity index (χ4n) is 2.66. The zero-order chi connectivity index (χ0) is 11.9. The highest BCUT2D eigenvalue weighted by Crippen LogP contribution is 2.33. The fraction of sp³-hybridized carbons (Fsp3) is 0.786. The van der Waals surface area contributed by atoms with E-state index in [1.165, 1.54) is 37.1 Å². The first-order chi connectivity index (χ1) is 7.41. The van der Waals surface area contributed by atoms with Gasteiger partial charge in [-0.3, -0.25) is 4.68 Å². The summed E-state index contributed by atoms with van der Waals surface area (Å²) in [6, 6.07) is 0.489. The lowest BCUT2D eigenvalue weighted by molar-refractivity contribution is 0.478. The fourth-order valence-corrected chi connectivity index (χ4v) is 2.66. The van der Waals surface area contributed by atoms with E-state index < -0.39 is 0 Å². The van der Waals surface area contributed by atoms with E-state index in [1.807, 2.05) is 0 Å². The average molecular weight is 220 g/mol. The predicted molar refractivity (Wildman–Crippen MR) is 68.0 cm³/mol. The van der Waals surface area contributed by atoms with Gasteiger partial charge in [0.15, 0.2) is 0 Å². The summed E-state index contributed by atoms with van der Waals surface area (Å²) < 4.78 is 2.26. The van der Waals surface area contributed by atoms with Crippen LogP contribution in [0.5, 0.6) is 0 Å². The molecule has 0 N–H and O–H groups in total. The third kappa shape index (κ3) is 1.90. The average Bonchev–Trinajstić information content (AvgIpc) is 2.56. The summed E-state index contributed by atoms with van der Waals surface area (Å²) in [7, 11) is 0. The van der Waals surface area contributed by atoms with Gasteiger partial charge in [-0.05, 0) is 45.1 Å². The van der Waals surface area contributed by atoms with Crippen LogP contribution in [0.3, 0.4) is 0 Å². The normalized spacial score (nSPS) is 16.6. The summed E-state index contributed by atoms with van der Waals surface area (Å²) >= 11 is 0. The summed E-state index contributed by atoms with van der Waals surface area (Å²) in [5, 5.41) is 4.88. The van der Waals surface area contributed by atoms with Crippen LogP contribution in [0, 0.1) is 0 Å². The van der Waals surface area contributed by atoms with Crippen molar-refractivity contribution >= 4 is 0 Å². The van der Waals surface area contributed by atoms with Crippen molar-refractivity contribution in [3.05, 3.63) is 17.0 Å². The van der Waals surface area contributed by atoms with Gasteiger partial charge >= 0.3 is 0 Å². The second-order valence-electron chi connectivity index (χ2n) is 6.27. The number of aromatic nitrogens is 2. The van der Waals surface area contributed by atoms with Gasteiger partial charge in [-0.1, -0.05) is 20.8 Å². The van der Waals surface area contributed by atoms with Crippen LogP contribution < -0.4 is 0 Å². The lowest BCUT2D eigenvalue weighted by Gasteiger charge is -2.19. The molecule has 0 aromatic carbocycles. The molecule has 1 heterocycles. The molecular weight excluding hydrogens is 196 g/mol. The number of hydrogen-bond donors (Lipinski definition) is 0. The second-order valence-corrected chi connectivity index (χ2v) is 6.27. The molecule has 0 atom stereocenters. The van der Waals surface area contributed by atoms with E-state index in [-0.39, 0.29) is 5.41 Å². The summed E-state index contributed by atoms with van der Waals surface area (Å²) in [5.74, 6) is 0. The molecule has 0 spiro atoms. The summed E-state index contributed by atoms with van der Waals surface area (Å²) in [6.45, 7) is 11.3. The molecule has 0 aliphatic heterocycles. The first-order valence-corrected chi connectivity index (χ1v) is 6.52. The van der Waals surface area contributed by atoms with Crippen molar-refractivity contribution in [3.63, 3.8) is 0 Å². The molecule has 2 rings (SSSR count). The van der Waals surface area contributed by atoms with Crippen molar-refractivity contribution in [2.45, 2.75) is 71.8 Å². The van der Waals surface area contributed by atoms with Crippen LogP contribution >= 0.6 is 0 Å². The lowest BCUT2D eigenvalue weighted by Crippen LogP contribution is -2.15. The van der Waals surface area contributed by atoms with Crippen molar-refractivity contribution in [3.8, 4) is 0 Å². The van der Waals surface area contributed by atoms with Gasteiger partial charge in [-0.2, -0.15) is 5.10 Å². The van der Waals surface area contributed by atoms with Gasteiger partial charge in [0.1, 0.15) is 0 Å². The van der Waals surface area contributed by atoms with E-state index >= 15 is 0 Å². The Bertz CT molecular complexity index is 380. The van der Waals surface area contributed by atoms with Crippen molar-refractivity contribution < 1.29 is 0 Å². The highest BCUT2D eigenvalue weighted by molar-refractivity contribution is 5.33. The van der Waals surface area contributed by atoms with Gasteiger partial charge in [-0.15, -0.1) is 0 Å². The molecule has 16 heavy (non-hydrogen) atoms. The predicted octanol–water partition coefficient (Wildman–Crippen LogP) is 3.64. The molecule has 0 bridgehead atoms. The molecule has 90 valence electrons. The van der Waals surface area contributed by atoms with Gasteiger partial charge in [0, 0.05) is 17.2 Å². The van der Waals surface area contributed by atoms with E-state index in [4.69, 9.17) is 5.10 Å². The molecule has 0 saturated carbocycles. The van der Waals surface area contributed by atoms with Crippen LogP contribution in [-0.4, -0.2) is 9.78 Å². The van der Waals surface area contributed by atoms with Crippen molar-refractivity contribution in [1.29, 1.82) is 0 Å². The molecule has 1 aliphatic rings. The van der Waals surface area contributed by atoms with Crippen LogP contribution in [0.1, 0.15) is 70.5 Å². The molecule has 1 aromatic rings. The van der Waals surface area contributed by atoms with Crippen molar-refractivity contribution in [1.82, 2.24) is 9.78 Å². The number of fused-ring (bicyclic) bond motifs is 1. The monoisotopic (exact) mass is 220 g/mol. The second kappa shape index (κ2) is 3.90. The summed E-state index contributed by atoms with van der Waals surface area (Å²) in [4.78, 5) is 0. The molecule has 2 heteroatoms. The van der Waals surface area contributed by atoms with E-state index in [2.05, 4.69) is 39.3 Å². The lowest BCUT2D eigenvalue weighted by atomic mass is 9.84. The van der Waals surface area contributed by atoms with Crippen LogP contribution in [0.25, 0.3) is 0 Å². The topological polar surface area (TPSA) is 17.8 Å². The van der Waals surface area contributed by atoms with E-state index in [0.29, 0.717) is 6.04 Å². The number of nitrogens with zero attached hydrogens (tertiary/aromatic N) is 2. The SMILES string of the molecule is CC(C)n1nc(C(C)(C)C)c2c1CCCC2. The molecule has 0 saturated heterocycles. The molecule has 0 radical (unpaired) electrons. The molecule has 2 nitrogen and oxygen atoms in total. The number of rotatable bonds is 1. The molecule has 1 aliphatic carbocycles. The molecule has 1 aromatic heterocycles. The first-order valence-electron chi connectivity index (χ1n) is 6.52. The minimum Gasteiger partial charge on any atom is -0.267 e. The van der Waals surface area contributed by atoms with Crippen LogP contribution in [0.2, 0.25) is 0 Å². The Kier molecular flexibility index (Phi) is 2.85. The van der Waals surface area contributed by atoms with Gasteiger partial charge in [0.2, 0.25) is 0 Å². The molecule has 0 unspecified atom stereocenters. The third-order valence-electron chi connectivity index (χ3n) is 3.41. The van der Waals surface area contributed by atoms with Crippen LogP contribution in [0.15, 0.2) is 0 Å². The summed E-state index contributed by atoms with van der Waals surface area (Å²) in [5.41, 5.74) is 4.57. The quantitative estimate of drug-likeness (QED) is 0.706. The zero-order valence-electron chi connectivity index (χ0n) is 11.3. The maximum atomic E-state index is 4.88. The van der Waals surface area contributed by atoms with E-state index in [1.54, 1.807) is 5.56 Å². The van der Waals surface area contributed by atoms with Crippen molar-refractivity contribution in [2.24, 2.45) is 0 Å². The minimum absolute atomic E-state index is 0.182. The molecule has 0 amide bonds. The zero-order valence-corrected chi connectivity index (χ0v) is 11.3. The first kappa shape index (κ1) is 11.7. The highest BCUT2D eigenvalue weighted by atomic mass is 15.3. The smallest absolute Gasteiger partial charge is 0.0712 e.